The van der Waals surface area contributed by atoms with Crippen LogP contribution in [0.5, 0.6) is 0 Å². The lowest BCUT2D eigenvalue weighted by molar-refractivity contribution is -0.115. The Bertz CT molecular complexity index is 430. The molecule has 0 bridgehead atoms. The lowest BCUT2D eigenvalue weighted by Gasteiger charge is -2.20. The van der Waals surface area contributed by atoms with Crippen molar-refractivity contribution in [3.63, 3.8) is 0 Å². The van der Waals surface area contributed by atoms with Crippen molar-refractivity contribution < 1.29 is 9.90 Å². The van der Waals surface area contributed by atoms with E-state index >= 15 is 0 Å². The average molecular weight is 311 g/mol. The van der Waals surface area contributed by atoms with Gasteiger partial charge >= 0.3 is 0 Å². The number of alkyl halides is 3. The molecule has 18 heavy (non-hydrogen) atoms. The van der Waals surface area contributed by atoms with Gasteiger partial charge in [0.15, 0.2) is 0 Å². The number of rotatable bonds is 3. The summed E-state index contributed by atoms with van der Waals surface area (Å²) in [7, 11) is 0. The van der Waals surface area contributed by atoms with Gasteiger partial charge < -0.3 is 10.4 Å². The molecule has 0 aliphatic heterocycles. The standard InChI is InChI=1S/C12H14Cl3NO2/c1-7(2)10(17)8-5-3-4-6-9(8)16-11(18)12(13,14)15/h3-7,10,17H,1-2H3,(H,16,18). The van der Waals surface area contributed by atoms with Crippen LogP contribution in [-0.4, -0.2) is 14.8 Å². The van der Waals surface area contributed by atoms with Crippen LogP contribution in [0.4, 0.5) is 5.69 Å². The summed E-state index contributed by atoms with van der Waals surface area (Å²) in [6, 6.07) is 6.87. The quantitative estimate of drug-likeness (QED) is 0.837. The molecule has 1 atom stereocenters. The molecule has 0 spiro atoms. The van der Waals surface area contributed by atoms with Crippen molar-refractivity contribution in [2.24, 2.45) is 5.92 Å². The van der Waals surface area contributed by atoms with Gasteiger partial charge in [0.2, 0.25) is 0 Å². The Labute approximate surface area is 121 Å². The Balaban J connectivity index is 3.00. The van der Waals surface area contributed by atoms with Crippen molar-refractivity contribution in [2.75, 3.05) is 5.32 Å². The normalized spacial score (nSPS) is 13.5. The molecule has 3 nitrogen and oxygen atoms in total. The summed E-state index contributed by atoms with van der Waals surface area (Å²) in [6.45, 7) is 3.75. The molecule has 6 heteroatoms. The molecule has 1 rings (SSSR count). The molecular weight excluding hydrogens is 296 g/mol. The number of benzene rings is 1. The van der Waals surface area contributed by atoms with E-state index in [-0.39, 0.29) is 5.92 Å². The first-order chi connectivity index (χ1) is 8.23. The number of hydrogen-bond acceptors (Lipinski definition) is 2. The van der Waals surface area contributed by atoms with Crippen molar-refractivity contribution in [2.45, 2.75) is 23.7 Å². The Kier molecular flexibility index (Phi) is 5.29. The Morgan fingerprint density at radius 3 is 2.33 bits per heavy atom. The molecule has 0 fully saturated rings. The molecule has 0 aliphatic carbocycles. The number of nitrogens with one attached hydrogen (secondary N) is 1. The summed E-state index contributed by atoms with van der Waals surface area (Å²) >= 11 is 16.5. The first kappa shape index (κ1) is 15.6. The maximum Gasteiger partial charge on any atom is 0.276 e. The highest BCUT2D eigenvalue weighted by Crippen LogP contribution is 2.31. The van der Waals surface area contributed by atoms with Gasteiger partial charge in [0.1, 0.15) is 0 Å². The Hall–Kier alpha value is -0.480. The number of para-hydroxylation sites is 1. The van der Waals surface area contributed by atoms with Crippen molar-refractivity contribution >= 4 is 46.4 Å². The first-order valence-corrected chi connectivity index (χ1v) is 6.52. The van der Waals surface area contributed by atoms with E-state index in [1.54, 1.807) is 24.3 Å². The van der Waals surface area contributed by atoms with Crippen molar-refractivity contribution in [1.82, 2.24) is 0 Å². The number of anilines is 1. The second kappa shape index (κ2) is 6.11. The fraction of sp³-hybridized carbons (Fsp3) is 0.417. The van der Waals surface area contributed by atoms with Gasteiger partial charge in [-0.05, 0) is 12.0 Å². The van der Waals surface area contributed by atoms with Crippen LogP contribution in [0.15, 0.2) is 24.3 Å². The highest BCUT2D eigenvalue weighted by molar-refractivity contribution is 6.76. The largest absolute Gasteiger partial charge is 0.388 e. The number of carbonyl (C=O) groups is 1. The monoisotopic (exact) mass is 309 g/mol. The topological polar surface area (TPSA) is 49.3 Å². The summed E-state index contributed by atoms with van der Waals surface area (Å²) < 4.78 is -2.03. The minimum atomic E-state index is -2.03. The van der Waals surface area contributed by atoms with Crippen LogP contribution in [-0.2, 0) is 4.79 Å². The number of halogens is 3. The van der Waals surface area contributed by atoms with E-state index in [0.717, 1.165) is 0 Å². The molecule has 2 N–H and O–H groups in total. The van der Waals surface area contributed by atoms with Crippen molar-refractivity contribution in [1.29, 1.82) is 0 Å². The van der Waals surface area contributed by atoms with Crippen LogP contribution in [0.3, 0.4) is 0 Å². The van der Waals surface area contributed by atoms with E-state index < -0.39 is 15.8 Å². The van der Waals surface area contributed by atoms with Gasteiger partial charge in [0.05, 0.1) is 6.10 Å². The number of hydrogen-bond donors (Lipinski definition) is 2. The predicted octanol–water partition coefficient (Wildman–Crippen LogP) is 3.68. The van der Waals surface area contributed by atoms with Gasteiger partial charge in [0, 0.05) is 11.3 Å². The van der Waals surface area contributed by atoms with E-state index in [1.807, 2.05) is 13.8 Å². The van der Waals surface area contributed by atoms with Crippen molar-refractivity contribution in [3.8, 4) is 0 Å². The summed E-state index contributed by atoms with van der Waals surface area (Å²) in [5.74, 6) is -0.744. The number of amides is 1. The third-order valence-corrected chi connectivity index (χ3v) is 2.93. The second-order valence-corrected chi connectivity index (χ2v) is 6.51. The van der Waals surface area contributed by atoms with E-state index in [9.17, 15) is 9.90 Å². The highest BCUT2D eigenvalue weighted by atomic mass is 35.6. The molecule has 0 aromatic heterocycles. The third kappa shape index (κ3) is 4.02. The molecule has 100 valence electrons. The van der Waals surface area contributed by atoms with Crippen LogP contribution in [0, 0.1) is 5.92 Å². The van der Waals surface area contributed by atoms with Crippen LogP contribution < -0.4 is 5.32 Å². The van der Waals surface area contributed by atoms with Crippen molar-refractivity contribution in [3.05, 3.63) is 29.8 Å². The molecule has 0 heterocycles. The lowest BCUT2D eigenvalue weighted by atomic mass is 9.97. The number of aliphatic hydroxyl groups excluding tert-OH is 1. The predicted molar refractivity (Wildman–Crippen MR) is 75.2 cm³/mol. The lowest BCUT2D eigenvalue weighted by Crippen LogP contribution is -2.27. The zero-order chi connectivity index (χ0) is 13.9. The van der Waals surface area contributed by atoms with Gasteiger partial charge in [-0.25, -0.2) is 0 Å². The zero-order valence-corrected chi connectivity index (χ0v) is 12.2. The van der Waals surface area contributed by atoms with Crippen LogP contribution in [0.2, 0.25) is 0 Å². The van der Waals surface area contributed by atoms with Gasteiger partial charge in [0.25, 0.3) is 9.70 Å². The summed E-state index contributed by atoms with van der Waals surface area (Å²) in [4.78, 5) is 11.6. The van der Waals surface area contributed by atoms with Crippen LogP contribution in [0.1, 0.15) is 25.5 Å². The van der Waals surface area contributed by atoms with Crippen LogP contribution >= 0.6 is 34.8 Å². The molecule has 1 aromatic carbocycles. The fourth-order valence-electron chi connectivity index (χ4n) is 1.42. The van der Waals surface area contributed by atoms with Gasteiger partial charge in [-0.15, -0.1) is 0 Å². The molecule has 1 amide bonds. The van der Waals surface area contributed by atoms with E-state index in [1.165, 1.54) is 0 Å². The molecule has 1 unspecified atom stereocenters. The highest BCUT2D eigenvalue weighted by Gasteiger charge is 2.31. The summed E-state index contributed by atoms with van der Waals surface area (Å²) in [5, 5.41) is 12.5. The average Bonchev–Trinajstić information content (AvgIpc) is 2.27. The molecule has 0 saturated heterocycles. The minimum Gasteiger partial charge on any atom is -0.388 e. The third-order valence-electron chi connectivity index (χ3n) is 2.42. The zero-order valence-electron chi connectivity index (χ0n) is 9.95. The smallest absolute Gasteiger partial charge is 0.276 e. The van der Waals surface area contributed by atoms with Gasteiger partial charge in [-0.2, -0.15) is 0 Å². The molecule has 0 radical (unpaired) electrons. The minimum absolute atomic E-state index is 0.0100. The second-order valence-electron chi connectivity index (χ2n) is 4.23. The molecule has 0 saturated carbocycles. The fourth-order valence-corrected chi connectivity index (χ4v) is 1.56. The Morgan fingerprint density at radius 1 is 1.28 bits per heavy atom. The molecule has 1 aromatic rings. The first-order valence-electron chi connectivity index (χ1n) is 5.38. The number of aliphatic hydroxyl groups is 1. The van der Waals surface area contributed by atoms with Gasteiger partial charge in [-0.3, -0.25) is 4.79 Å². The van der Waals surface area contributed by atoms with Crippen LogP contribution in [0.25, 0.3) is 0 Å². The maximum absolute atomic E-state index is 11.6. The SMILES string of the molecule is CC(C)C(O)c1ccccc1NC(=O)C(Cl)(Cl)Cl. The number of carbonyl (C=O) groups excluding carboxylic acids is 1. The molecule has 0 aliphatic rings. The van der Waals surface area contributed by atoms with E-state index in [2.05, 4.69) is 5.32 Å². The Morgan fingerprint density at radius 2 is 1.83 bits per heavy atom. The maximum atomic E-state index is 11.6. The summed E-state index contributed by atoms with van der Waals surface area (Å²) in [6.07, 6.45) is -0.697. The van der Waals surface area contributed by atoms with Gasteiger partial charge in [-0.1, -0.05) is 66.8 Å². The summed E-state index contributed by atoms with van der Waals surface area (Å²) in [5.41, 5.74) is 1.03. The van der Waals surface area contributed by atoms with E-state index in [0.29, 0.717) is 11.3 Å². The molecular formula is C12H14Cl3NO2. The van der Waals surface area contributed by atoms with E-state index in [4.69, 9.17) is 34.8 Å².